The second-order valence-corrected chi connectivity index (χ2v) is 10.0. The highest BCUT2D eigenvalue weighted by atomic mass is 16.4. The highest BCUT2D eigenvalue weighted by Gasteiger charge is 2.69. The number of hydrogen-bond acceptors (Lipinski definition) is 4. The highest BCUT2D eigenvalue weighted by Crippen LogP contribution is 2.52. The number of likely N-dealkylation sites (tertiary alicyclic amines) is 1. The van der Waals surface area contributed by atoms with Gasteiger partial charge in [-0.1, -0.05) is 37.6 Å². The van der Waals surface area contributed by atoms with Crippen molar-refractivity contribution in [3.8, 4) is 0 Å². The Labute approximate surface area is 172 Å². The number of fused-ring (bicyclic) bond motifs is 1. The molecule has 2 heterocycles. The van der Waals surface area contributed by atoms with E-state index in [1.165, 1.54) is 4.90 Å². The maximum Gasteiger partial charge on any atom is 0.324 e. The molecule has 2 saturated heterocycles. The number of imide groups is 1. The van der Waals surface area contributed by atoms with Gasteiger partial charge in [0.1, 0.15) is 5.54 Å². The normalized spacial score (nSPS) is 29.7. The van der Waals surface area contributed by atoms with E-state index in [2.05, 4.69) is 5.32 Å². The number of carboxylic acid groups (broad SMARTS) is 1. The van der Waals surface area contributed by atoms with Crippen molar-refractivity contribution in [3.05, 3.63) is 34.9 Å². The molecule has 0 aromatic heterocycles. The van der Waals surface area contributed by atoms with Crippen molar-refractivity contribution in [2.24, 2.45) is 17.8 Å². The molecule has 0 saturated carbocycles. The Morgan fingerprint density at radius 1 is 1.21 bits per heavy atom. The van der Waals surface area contributed by atoms with Gasteiger partial charge in [-0.2, -0.15) is 0 Å². The molecule has 0 aliphatic carbocycles. The lowest BCUT2D eigenvalue weighted by molar-refractivity contribution is -0.154. The van der Waals surface area contributed by atoms with Gasteiger partial charge in [-0.3, -0.25) is 24.6 Å². The molecule has 2 fully saturated rings. The molecule has 3 rings (SSSR count). The van der Waals surface area contributed by atoms with Crippen LogP contribution in [-0.4, -0.2) is 38.9 Å². The molecule has 29 heavy (non-hydrogen) atoms. The van der Waals surface area contributed by atoms with Gasteiger partial charge in [-0.25, -0.2) is 0 Å². The number of carbonyl (C=O) groups is 3. The fourth-order valence-electron chi connectivity index (χ4n) is 5.14. The minimum atomic E-state index is -1.47. The van der Waals surface area contributed by atoms with Crippen LogP contribution in [0.3, 0.4) is 0 Å². The standard InChI is InChI=1S/C23H32N2O4/c1-12(2)11-23(21(28)29)17-16(19(26)25(20(17)27)22(5,6)7)18(24-23)15-10-13(3)8-9-14(15)4/h8-10,12,16-18,24H,11H2,1-7H3,(H,28,29). The molecule has 1 aromatic carbocycles. The lowest BCUT2D eigenvalue weighted by Gasteiger charge is -2.36. The smallest absolute Gasteiger partial charge is 0.324 e. The zero-order chi connectivity index (χ0) is 21.9. The molecular formula is C23H32N2O4. The van der Waals surface area contributed by atoms with Crippen molar-refractivity contribution in [1.82, 2.24) is 10.2 Å². The summed E-state index contributed by atoms with van der Waals surface area (Å²) in [5, 5.41) is 13.6. The molecule has 4 unspecified atom stereocenters. The monoisotopic (exact) mass is 400 g/mol. The van der Waals surface area contributed by atoms with Gasteiger partial charge in [-0.15, -0.1) is 0 Å². The van der Waals surface area contributed by atoms with Crippen LogP contribution in [0.5, 0.6) is 0 Å². The number of carbonyl (C=O) groups excluding carboxylic acids is 2. The molecule has 6 heteroatoms. The molecule has 2 aliphatic heterocycles. The summed E-state index contributed by atoms with van der Waals surface area (Å²) in [7, 11) is 0. The number of benzene rings is 1. The molecule has 1 aromatic rings. The molecule has 0 radical (unpaired) electrons. The Bertz CT molecular complexity index is 870. The van der Waals surface area contributed by atoms with Crippen LogP contribution in [0.15, 0.2) is 18.2 Å². The molecule has 2 aliphatic rings. The molecule has 158 valence electrons. The summed E-state index contributed by atoms with van der Waals surface area (Å²) in [6.07, 6.45) is 0.280. The lowest BCUT2D eigenvalue weighted by Crippen LogP contribution is -2.58. The van der Waals surface area contributed by atoms with E-state index in [1.54, 1.807) is 0 Å². The maximum absolute atomic E-state index is 13.5. The first-order valence-corrected chi connectivity index (χ1v) is 10.3. The van der Waals surface area contributed by atoms with Crippen LogP contribution in [0.4, 0.5) is 0 Å². The van der Waals surface area contributed by atoms with E-state index < -0.39 is 34.9 Å². The first-order chi connectivity index (χ1) is 13.3. The van der Waals surface area contributed by atoms with E-state index in [0.29, 0.717) is 0 Å². The van der Waals surface area contributed by atoms with Crippen molar-refractivity contribution < 1.29 is 19.5 Å². The third kappa shape index (κ3) is 3.27. The van der Waals surface area contributed by atoms with E-state index in [1.807, 2.05) is 66.7 Å². The summed E-state index contributed by atoms with van der Waals surface area (Å²) in [5.41, 5.74) is 0.736. The largest absolute Gasteiger partial charge is 0.480 e. The fourth-order valence-corrected chi connectivity index (χ4v) is 5.14. The lowest BCUT2D eigenvalue weighted by atomic mass is 9.75. The summed E-state index contributed by atoms with van der Waals surface area (Å²) in [6, 6.07) is 5.45. The predicted octanol–water partition coefficient (Wildman–Crippen LogP) is 3.22. The summed E-state index contributed by atoms with van der Waals surface area (Å²) in [6.45, 7) is 13.2. The Morgan fingerprint density at radius 3 is 2.34 bits per heavy atom. The van der Waals surface area contributed by atoms with Crippen molar-refractivity contribution >= 4 is 17.8 Å². The van der Waals surface area contributed by atoms with Gasteiger partial charge in [0.25, 0.3) is 0 Å². The second-order valence-electron chi connectivity index (χ2n) is 10.0. The van der Waals surface area contributed by atoms with E-state index in [4.69, 9.17) is 0 Å². The summed E-state index contributed by atoms with van der Waals surface area (Å²) in [5.74, 6) is -3.32. The molecule has 4 atom stereocenters. The average Bonchev–Trinajstić information content (AvgIpc) is 3.04. The third-order valence-electron chi connectivity index (χ3n) is 6.21. The van der Waals surface area contributed by atoms with Crippen LogP contribution < -0.4 is 5.32 Å². The van der Waals surface area contributed by atoms with E-state index in [0.717, 1.165) is 16.7 Å². The second kappa shape index (κ2) is 6.94. The summed E-state index contributed by atoms with van der Waals surface area (Å²) in [4.78, 5) is 40.9. The zero-order valence-electron chi connectivity index (χ0n) is 18.4. The number of aryl methyl sites for hydroxylation is 2. The van der Waals surface area contributed by atoms with Gasteiger partial charge >= 0.3 is 5.97 Å². The van der Waals surface area contributed by atoms with Crippen LogP contribution in [0.1, 0.15) is 63.8 Å². The fraction of sp³-hybridized carbons (Fsp3) is 0.609. The topological polar surface area (TPSA) is 86.7 Å². The van der Waals surface area contributed by atoms with Crippen molar-refractivity contribution in [2.45, 2.75) is 72.0 Å². The van der Waals surface area contributed by atoms with Crippen LogP contribution in [0, 0.1) is 31.6 Å². The summed E-state index contributed by atoms with van der Waals surface area (Å²) < 4.78 is 0. The van der Waals surface area contributed by atoms with E-state index in [-0.39, 0.29) is 24.2 Å². The first-order valence-electron chi connectivity index (χ1n) is 10.3. The van der Waals surface area contributed by atoms with Crippen LogP contribution in [0.2, 0.25) is 0 Å². The number of hydrogen-bond donors (Lipinski definition) is 2. The molecule has 2 N–H and O–H groups in total. The average molecular weight is 401 g/mol. The third-order valence-corrected chi connectivity index (χ3v) is 6.21. The van der Waals surface area contributed by atoms with Gasteiger partial charge in [0, 0.05) is 11.6 Å². The first kappa shape index (κ1) is 21.5. The Hall–Kier alpha value is -2.21. The van der Waals surface area contributed by atoms with Gasteiger partial charge in [-0.05, 0) is 58.1 Å². The van der Waals surface area contributed by atoms with Gasteiger partial charge in [0.2, 0.25) is 11.8 Å². The number of amides is 2. The maximum atomic E-state index is 13.5. The van der Waals surface area contributed by atoms with Crippen LogP contribution in [-0.2, 0) is 14.4 Å². The molecule has 6 nitrogen and oxygen atoms in total. The predicted molar refractivity (Wildman–Crippen MR) is 110 cm³/mol. The Balaban J connectivity index is 2.23. The van der Waals surface area contributed by atoms with Gasteiger partial charge < -0.3 is 5.11 Å². The van der Waals surface area contributed by atoms with E-state index in [9.17, 15) is 19.5 Å². The molecular weight excluding hydrogens is 368 g/mol. The number of nitrogens with zero attached hydrogens (tertiary/aromatic N) is 1. The molecule has 0 bridgehead atoms. The van der Waals surface area contributed by atoms with Crippen LogP contribution in [0.25, 0.3) is 0 Å². The number of rotatable bonds is 4. The Kier molecular flexibility index (Phi) is 5.14. The van der Waals surface area contributed by atoms with Crippen LogP contribution >= 0.6 is 0 Å². The quantitative estimate of drug-likeness (QED) is 0.758. The zero-order valence-corrected chi connectivity index (χ0v) is 18.4. The number of carboxylic acids is 1. The van der Waals surface area contributed by atoms with Crippen molar-refractivity contribution in [3.63, 3.8) is 0 Å². The summed E-state index contributed by atoms with van der Waals surface area (Å²) >= 11 is 0. The van der Waals surface area contributed by atoms with Gasteiger partial charge in [0.05, 0.1) is 11.8 Å². The SMILES string of the molecule is Cc1ccc(C)c(C2NC(CC(C)C)(C(=O)O)C3C(=O)N(C(C)(C)C)C(=O)C23)c1. The molecule has 2 amide bonds. The number of aliphatic carboxylic acids is 1. The molecule has 0 spiro atoms. The van der Waals surface area contributed by atoms with Crippen molar-refractivity contribution in [1.29, 1.82) is 0 Å². The highest BCUT2D eigenvalue weighted by molar-refractivity contribution is 6.10. The number of nitrogens with one attached hydrogen (secondary N) is 1. The Morgan fingerprint density at radius 2 is 1.83 bits per heavy atom. The van der Waals surface area contributed by atoms with E-state index >= 15 is 0 Å². The van der Waals surface area contributed by atoms with Crippen molar-refractivity contribution in [2.75, 3.05) is 0 Å². The minimum absolute atomic E-state index is 0.0446. The van der Waals surface area contributed by atoms with Gasteiger partial charge in [0.15, 0.2) is 0 Å². The minimum Gasteiger partial charge on any atom is -0.480 e.